The smallest absolute Gasteiger partial charge is 0.323 e. The van der Waals surface area contributed by atoms with Crippen LogP contribution in [0.3, 0.4) is 0 Å². The lowest BCUT2D eigenvalue weighted by atomic mass is 9.97. The maximum absolute atomic E-state index is 12.5. The van der Waals surface area contributed by atoms with Crippen LogP contribution in [0.1, 0.15) is 92.5 Å². The third-order valence-electron chi connectivity index (χ3n) is 6.04. The van der Waals surface area contributed by atoms with Crippen molar-refractivity contribution >= 4 is 31.6 Å². The molecule has 0 radical (unpaired) electrons. The van der Waals surface area contributed by atoms with E-state index in [-0.39, 0.29) is 28.9 Å². The fourth-order valence-electron chi connectivity index (χ4n) is 2.95. The summed E-state index contributed by atoms with van der Waals surface area (Å²) in [6, 6.07) is -0.572. The van der Waals surface area contributed by atoms with Crippen molar-refractivity contribution in [3.05, 3.63) is 16.1 Å². The minimum absolute atomic E-state index is 0.0808. The van der Waals surface area contributed by atoms with E-state index in [1.54, 1.807) is 6.92 Å². The number of hydrogen-bond donors (Lipinski definition) is 1. The van der Waals surface area contributed by atoms with Crippen molar-refractivity contribution < 1.29 is 23.5 Å². The Hall–Kier alpha value is -1.29. The molecule has 1 heterocycles. The van der Waals surface area contributed by atoms with Crippen LogP contribution in [0.25, 0.3) is 0 Å². The fraction of sp³-hybridized carbons (Fsp3) is 0.800. The first-order valence-electron chi connectivity index (χ1n) is 12.1. The van der Waals surface area contributed by atoms with Gasteiger partial charge < -0.3 is 19.2 Å². The molecular weight excluding hydrogens is 468 g/mol. The van der Waals surface area contributed by atoms with Gasteiger partial charge in [-0.3, -0.25) is 9.59 Å². The number of carbonyl (C=O) groups is 2. The van der Waals surface area contributed by atoms with Gasteiger partial charge in [-0.05, 0) is 51.7 Å². The van der Waals surface area contributed by atoms with Crippen molar-refractivity contribution in [2.45, 2.75) is 124 Å². The lowest BCUT2D eigenvalue weighted by Crippen LogP contribution is -2.47. The lowest BCUT2D eigenvalue weighted by Gasteiger charge is -2.35. The number of aromatic nitrogens is 1. The second-order valence-electron chi connectivity index (χ2n) is 11.8. The molecule has 0 unspecified atom stereocenters. The van der Waals surface area contributed by atoms with Crippen molar-refractivity contribution in [1.29, 1.82) is 0 Å². The van der Waals surface area contributed by atoms with Crippen LogP contribution in [0.15, 0.2) is 5.38 Å². The fourth-order valence-corrected chi connectivity index (χ4v) is 4.74. The summed E-state index contributed by atoms with van der Waals surface area (Å²) >= 11 is 1.47. The molecule has 9 heteroatoms. The molecule has 1 aromatic heterocycles. The van der Waals surface area contributed by atoms with E-state index in [1.807, 2.05) is 26.2 Å². The Morgan fingerprint density at radius 1 is 1.12 bits per heavy atom. The first-order valence-corrected chi connectivity index (χ1v) is 15.9. The highest BCUT2D eigenvalue weighted by Gasteiger charge is 2.37. The van der Waals surface area contributed by atoms with Crippen molar-refractivity contribution in [2.75, 3.05) is 0 Å². The standard InChI is InChI=1S/C25H46N2O5SSi/c1-16(2)20(26-17(3)23(29)32-24(5,6)7)13-21(31-18(4)28)22-27-19(15-33-22)14-30-34(11,12)25(8,9)10/h15-17,20-21,26H,13-14H2,1-12H3/t17-,20-,21-/m1/s1. The Balaban J connectivity index is 2.97. The van der Waals surface area contributed by atoms with Gasteiger partial charge in [-0.1, -0.05) is 34.6 Å². The van der Waals surface area contributed by atoms with E-state index in [0.717, 1.165) is 10.7 Å². The van der Waals surface area contributed by atoms with Crippen LogP contribution in [0.2, 0.25) is 18.1 Å². The SMILES string of the molecule is CC(=O)O[C@H](C[C@@H](N[C@H](C)C(=O)OC(C)(C)C)C(C)C)c1nc(CO[Si](C)(C)C(C)(C)C)cs1. The number of esters is 2. The van der Waals surface area contributed by atoms with Crippen molar-refractivity contribution in [3.8, 4) is 0 Å². The highest BCUT2D eigenvalue weighted by Crippen LogP contribution is 2.37. The van der Waals surface area contributed by atoms with E-state index in [9.17, 15) is 9.59 Å². The molecule has 0 saturated heterocycles. The molecule has 0 fully saturated rings. The van der Waals surface area contributed by atoms with Gasteiger partial charge in [-0.25, -0.2) is 4.98 Å². The maximum Gasteiger partial charge on any atom is 0.323 e. The zero-order valence-corrected chi connectivity index (χ0v) is 25.0. The van der Waals surface area contributed by atoms with E-state index in [1.165, 1.54) is 18.3 Å². The molecule has 1 N–H and O–H groups in total. The molecule has 1 aromatic rings. The van der Waals surface area contributed by atoms with E-state index < -0.39 is 26.1 Å². The topological polar surface area (TPSA) is 86.8 Å². The molecule has 0 bridgehead atoms. The summed E-state index contributed by atoms with van der Waals surface area (Å²) in [6.45, 7) is 24.4. The van der Waals surface area contributed by atoms with E-state index in [4.69, 9.17) is 18.9 Å². The molecular formula is C25H46N2O5SSi. The molecule has 0 aliphatic carbocycles. The Labute approximate surface area is 211 Å². The number of rotatable bonds is 11. The van der Waals surface area contributed by atoms with Crippen molar-refractivity contribution in [3.63, 3.8) is 0 Å². The largest absolute Gasteiger partial charge is 0.459 e. The second kappa shape index (κ2) is 12.1. The first-order chi connectivity index (χ1) is 15.3. The average molecular weight is 515 g/mol. The molecule has 0 spiro atoms. The molecule has 196 valence electrons. The predicted octanol–water partition coefficient (Wildman–Crippen LogP) is 6.00. The van der Waals surface area contributed by atoms with Crippen LogP contribution in [0.5, 0.6) is 0 Å². The summed E-state index contributed by atoms with van der Waals surface area (Å²) in [4.78, 5) is 29.1. The summed E-state index contributed by atoms with van der Waals surface area (Å²) in [5, 5.41) is 6.20. The van der Waals surface area contributed by atoms with Gasteiger partial charge in [0, 0.05) is 24.8 Å². The normalized spacial score (nSPS) is 15.7. The van der Waals surface area contributed by atoms with Gasteiger partial charge in [0.1, 0.15) is 16.7 Å². The van der Waals surface area contributed by atoms with Gasteiger partial charge in [0.2, 0.25) is 0 Å². The third kappa shape index (κ3) is 10.1. The maximum atomic E-state index is 12.5. The van der Waals surface area contributed by atoms with Crippen LogP contribution in [-0.4, -0.2) is 42.9 Å². The first kappa shape index (κ1) is 30.7. The molecule has 0 aliphatic rings. The molecule has 0 amide bonds. The minimum Gasteiger partial charge on any atom is -0.459 e. The molecule has 1 rings (SSSR count). The van der Waals surface area contributed by atoms with Crippen LogP contribution in [-0.2, 0) is 30.1 Å². The zero-order valence-electron chi connectivity index (χ0n) is 23.2. The monoisotopic (exact) mass is 514 g/mol. The molecule has 0 aromatic carbocycles. The van der Waals surface area contributed by atoms with Crippen LogP contribution >= 0.6 is 11.3 Å². The van der Waals surface area contributed by atoms with Gasteiger partial charge in [-0.2, -0.15) is 0 Å². The Morgan fingerprint density at radius 3 is 2.18 bits per heavy atom. The summed E-state index contributed by atoms with van der Waals surface area (Å²) < 4.78 is 17.5. The van der Waals surface area contributed by atoms with Gasteiger partial charge in [0.15, 0.2) is 14.4 Å². The number of ether oxygens (including phenoxy) is 2. The second-order valence-corrected chi connectivity index (χ2v) is 17.5. The number of carbonyl (C=O) groups excluding carboxylic acids is 2. The lowest BCUT2D eigenvalue weighted by molar-refractivity contribution is -0.157. The van der Waals surface area contributed by atoms with Crippen LogP contribution in [0, 0.1) is 5.92 Å². The molecule has 0 saturated carbocycles. The van der Waals surface area contributed by atoms with Crippen LogP contribution < -0.4 is 5.32 Å². The zero-order chi connectivity index (χ0) is 26.5. The van der Waals surface area contributed by atoms with Gasteiger partial charge in [-0.15, -0.1) is 11.3 Å². The van der Waals surface area contributed by atoms with E-state index in [2.05, 4.69) is 53.0 Å². The Kier molecular flexibility index (Phi) is 10.9. The number of hydrogen-bond acceptors (Lipinski definition) is 8. The summed E-state index contributed by atoms with van der Waals surface area (Å²) in [6.07, 6.45) is -0.00434. The number of nitrogens with one attached hydrogen (secondary N) is 1. The van der Waals surface area contributed by atoms with Crippen molar-refractivity contribution in [1.82, 2.24) is 10.3 Å². The van der Waals surface area contributed by atoms with Crippen LogP contribution in [0.4, 0.5) is 0 Å². The van der Waals surface area contributed by atoms with Gasteiger partial charge >= 0.3 is 11.9 Å². The predicted molar refractivity (Wildman–Crippen MR) is 140 cm³/mol. The summed E-state index contributed by atoms with van der Waals surface area (Å²) in [7, 11) is -1.89. The van der Waals surface area contributed by atoms with E-state index >= 15 is 0 Å². The molecule has 0 aliphatic heterocycles. The number of thiazole rings is 1. The molecule has 3 atom stereocenters. The average Bonchev–Trinajstić information content (AvgIpc) is 3.11. The molecule has 34 heavy (non-hydrogen) atoms. The summed E-state index contributed by atoms with van der Waals surface area (Å²) in [5.74, 6) is -0.465. The third-order valence-corrected chi connectivity index (χ3v) is 11.5. The van der Waals surface area contributed by atoms with E-state index in [0.29, 0.717) is 13.0 Å². The summed E-state index contributed by atoms with van der Waals surface area (Å²) in [5.41, 5.74) is 0.294. The van der Waals surface area contributed by atoms with Gasteiger partial charge in [0.05, 0.1) is 12.3 Å². The highest BCUT2D eigenvalue weighted by molar-refractivity contribution is 7.09. The minimum atomic E-state index is -1.89. The van der Waals surface area contributed by atoms with Gasteiger partial charge in [0.25, 0.3) is 0 Å². The quantitative estimate of drug-likeness (QED) is 0.286. The molecule has 7 nitrogen and oxygen atoms in total. The van der Waals surface area contributed by atoms with Crippen molar-refractivity contribution in [2.24, 2.45) is 5.92 Å². The number of nitrogens with zero attached hydrogens (tertiary/aromatic N) is 1. The highest BCUT2D eigenvalue weighted by atomic mass is 32.1. The Morgan fingerprint density at radius 2 is 1.71 bits per heavy atom. The Bertz CT molecular complexity index is 811.